The highest BCUT2D eigenvalue weighted by atomic mass is 16.5. The number of nitrogens with one attached hydrogen (secondary N) is 1. The maximum Gasteiger partial charge on any atom is 0.271 e. The third-order valence-electron chi connectivity index (χ3n) is 3.39. The van der Waals surface area contributed by atoms with E-state index in [1.807, 2.05) is 39.0 Å². The zero-order chi connectivity index (χ0) is 18.8. The van der Waals surface area contributed by atoms with Crippen LogP contribution in [0.25, 0.3) is 0 Å². The lowest BCUT2D eigenvalue weighted by Crippen LogP contribution is -2.17. The van der Waals surface area contributed by atoms with E-state index in [1.54, 1.807) is 30.5 Å². The van der Waals surface area contributed by atoms with Crippen LogP contribution in [0.2, 0.25) is 0 Å². The van der Waals surface area contributed by atoms with Gasteiger partial charge in [0.05, 0.1) is 26.0 Å². The van der Waals surface area contributed by atoms with Crippen molar-refractivity contribution in [3.63, 3.8) is 0 Å². The standard InChI is InChI=1S/C20H24N2O4/c1-4-24-17-10-7-15(8-11-17)20(23)22-21-14-16-9-12-18(25-5-2)13-19(16)26-6-3/h7-14H,4-6H2,1-3H3,(H,22,23)/b21-14+. The predicted octanol–water partition coefficient (Wildman–Crippen LogP) is 3.65. The van der Waals surface area contributed by atoms with Crippen LogP contribution in [0.15, 0.2) is 47.6 Å². The Hall–Kier alpha value is -3.02. The molecule has 0 aliphatic heterocycles. The summed E-state index contributed by atoms with van der Waals surface area (Å²) < 4.78 is 16.4. The zero-order valence-electron chi connectivity index (χ0n) is 15.3. The lowest BCUT2D eigenvalue weighted by Gasteiger charge is -2.10. The largest absolute Gasteiger partial charge is 0.494 e. The molecule has 6 nitrogen and oxygen atoms in total. The summed E-state index contributed by atoms with van der Waals surface area (Å²) in [6.45, 7) is 7.42. The molecule has 1 N–H and O–H groups in total. The van der Waals surface area contributed by atoms with Gasteiger partial charge in [-0.1, -0.05) is 0 Å². The second-order valence-electron chi connectivity index (χ2n) is 5.22. The quantitative estimate of drug-likeness (QED) is 0.550. The number of hydrogen-bond acceptors (Lipinski definition) is 5. The molecule has 0 fully saturated rings. The second-order valence-corrected chi connectivity index (χ2v) is 5.22. The van der Waals surface area contributed by atoms with E-state index < -0.39 is 0 Å². The van der Waals surface area contributed by atoms with Gasteiger partial charge in [-0.3, -0.25) is 4.79 Å². The van der Waals surface area contributed by atoms with Crippen LogP contribution in [-0.4, -0.2) is 31.9 Å². The summed E-state index contributed by atoms with van der Waals surface area (Å²) in [7, 11) is 0. The summed E-state index contributed by atoms with van der Waals surface area (Å²) in [5, 5.41) is 4.02. The van der Waals surface area contributed by atoms with Gasteiger partial charge in [0.2, 0.25) is 0 Å². The van der Waals surface area contributed by atoms with Crippen molar-refractivity contribution in [3.05, 3.63) is 53.6 Å². The van der Waals surface area contributed by atoms with Crippen molar-refractivity contribution in [2.75, 3.05) is 19.8 Å². The van der Waals surface area contributed by atoms with Crippen molar-refractivity contribution in [1.82, 2.24) is 5.43 Å². The molecule has 0 aliphatic rings. The Balaban J connectivity index is 2.03. The van der Waals surface area contributed by atoms with E-state index in [4.69, 9.17) is 14.2 Å². The summed E-state index contributed by atoms with van der Waals surface area (Å²) in [6.07, 6.45) is 1.55. The van der Waals surface area contributed by atoms with Gasteiger partial charge in [0.15, 0.2) is 0 Å². The third-order valence-corrected chi connectivity index (χ3v) is 3.39. The molecule has 0 radical (unpaired) electrons. The fraction of sp³-hybridized carbons (Fsp3) is 0.300. The molecule has 0 aromatic heterocycles. The van der Waals surface area contributed by atoms with Gasteiger partial charge in [-0.15, -0.1) is 0 Å². The average molecular weight is 356 g/mol. The molecule has 2 aromatic carbocycles. The smallest absolute Gasteiger partial charge is 0.271 e. The molecule has 26 heavy (non-hydrogen) atoms. The number of carbonyl (C=O) groups excluding carboxylic acids is 1. The minimum atomic E-state index is -0.298. The summed E-state index contributed by atoms with van der Waals surface area (Å²) in [6, 6.07) is 12.4. The first-order valence-corrected chi connectivity index (χ1v) is 8.63. The first-order chi connectivity index (χ1) is 12.7. The van der Waals surface area contributed by atoms with Crippen LogP contribution < -0.4 is 19.6 Å². The Morgan fingerprint density at radius 3 is 2.19 bits per heavy atom. The van der Waals surface area contributed by atoms with Gasteiger partial charge in [-0.25, -0.2) is 5.43 Å². The van der Waals surface area contributed by atoms with Crippen molar-refractivity contribution < 1.29 is 19.0 Å². The molecule has 138 valence electrons. The second kappa shape index (κ2) is 10.1. The van der Waals surface area contributed by atoms with Gasteiger partial charge >= 0.3 is 0 Å². The summed E-state index contributed by atoms with van der Waals surface area (Å²) in [5.41, 5.74) is 3.77. The highest BCUT2D eigenvalue weighted by Crippen LogP contribution is 2.24. The molecule has 2 aromatic rings. The summed E-state index contributed by atoms with van der Waals surface area (Å²) in [5.74, 6) is 1.81. The topological polar surface area (TPSA) is 69.2 Å². The highest BCUT2D eigenvalue weighted by Gasteiger charge is 2.06. The maximum atomic E-state index is 12.1. The van der Waals surface area contributed by atoms with E-state index in [0.717, 1.165) is 17.1 Å². The minimum absolute atomic E-state index is 0.298. The molecule has 0 bridgehead atoms. The Morgan fingerprint density at radius 1 is 0.923 bits per heavy atom. The maximum absolute atomic E-state index is 12.1. The van der Waals surface area contributed by atoms with Gasteiger partial charge < -0.3 is 14.2 Å². The Labute approximate surface area is 153 Å². The molecule has 0 saturated heterocycles. The molecule has 0 unspecified atom stereocenters. The normalized spacial score (nSPS) is 10.6. The predicted molar refractivity (Wildman–Crippen MR) is 101 cm³/mol. The van der Waals surface area contributed by atoms with Crippen molar-refractivity contribution in [2.45, 2.75) is 20.8 Å². The summed E-state index contributed by atoms with van der Waals surface area (Å²) in [4.78, 5) is 12.1. The molecule has 2 rings (SSSR count). The zero-order valence-corrected chi connectivity index (χ0v) is 15.3. The Bertz CT molecular complexity index is 742. The van der Waals surface area contributed by atoms with Gasteiger partial charge in [0, 0.05) is 17.2 Å². The van der Waals surface area contributed by atoms with Crippen molar-refractivity contribution in [1.29, 1.82) is 0 Å². The fourth-order valence-electron chi connectivity index (χ4n) is 2.25. The molecule has 0 atom stereocenters. The molecule has 0 saturated carbocycles. The number of hydrogen-bond donors (Lipinski definition) is 1. The molecule has 0 aliphatic carbocycles. The van der Waals surface area contributed by atoms with E-state index >= 15 is 0 Å². The number of hydrazone groups is 1. The average Bonchev–Trinajstić information content (AvgIpc) is 2.65. The number of rotatable bonds is 9. The van der Waals surface area contributed by atoms with Gasteiger partial charge in [-0.2, -0.15) is 5.10 Å². The van der Waals surface area contributed by atoms with E-state index in [-0.39, 0.29) is 5.91 Å². The van der Waals surface area contributed by atoms with Crippen LogP contribution in [0, 0.1) is 0 Å². The third kappa shape index (κ3) is 5.51. The molecule has 6 heteroatoms. The highest BCUT2D eigenvalue weighted by molar-refractivity contribution is 5.95. The first-order valence-electron chi connectivity index (χ1n) is 8.63. The Kier molecular flexibility index (Phi) is 7.49. The van der Waals surface area contributed by atoms with E-state index in [2.05, 4.69) is 10.5 Å². The minimum Gasteiger partial charge on any atom is -0.494 e. The SMILES string of the molecule is CCOc1ccc(C(=O)N/N=C/c2ccc(OCC)cc2OCC)cc1. The van der Waals surface area contributed by atoms with Crippen LogP contribution in [0.4, 0.5) is 0 Å². The van der Waals surface area contributed by atoms with E-state index in [0.29, 0.717) is 31.1 Å². The van der Waals surface area contributed by atoms with Crippen molar-refractivity contribution in [2.24, 2.45) is 5.10 Å². The van der Waals surface area contributed by atoms with Crippen LogP contribution in [-0.2, 0) is 0 Å². The molecular formula is C20H24N2O4. The van der Waals surface area contributed by atoms with Gasteiger partial charge in [0.1, 0.15) is 17.2 Å². The van der Waals surface area contributed by atoms with Crippen molar-refractivity contribution in [3.8, 4) is 17.2 Å². The molecule has 1 amide bonds. The van der Waals surface area contributed by atoms with E-state index in [1.165, 1.54) is 0 Å². The number of ether oxygens (including phenoxy) is 3. The fourth-order valence-corrected chi connectivity index (χ4v) is 2.25. The summed E-state index contributed by atoms with van der Waals surface area (Å²) >= 11 is 0. The Morgan fingerprint density at radius 2 is 1.54 bits per heavy atom. The van der Waals surface area contributed by atoms with Gasteiger partial charge in [0.25, 0.3) is 5.91 Å². The monoisotopic (exact) mass is 356 g/mol. The molecular weight excluding hydrogens is 332 g/mol. The lowest BCUT2D eigenvalue weighted by atomic mass is 10.2. The van der Waals surface area contributed by atoms with Crippen LogP contribution >= 0.6 is 0 Å². The van der Waals surface area contributed by atoms with Crippen LogP contribution in [0.1, 0.15) is 36.7 Å². The molecule has 0 heterocycles. The van der Waals surface area contributed by atoms with Crippen LogP contribution in [0.3, 0.4) is 0 Å². The lowest BCUT2D eigenvalue weighted by molar-refractivity contribution is 0.0955. The van der Waals surface area contributed by atoms with E-state index in [9.17, 15) is 4.79 Å². The van der Waals surface area contributed by atoms with Gasteiger partial charge in [-0.05, 0) is 57.2 Å². The number of nitrogens with zero attached hydrogens (tertiary/aromatic N) is 1. The van der Waals surface area contributed by atoms with Crippen molar-refractivity contribution >= 4 is 12.1 Å². The number of benzene rings is 2. The number of amides is 1. The molecule has 0 spiro atoms. The number of carbonyl (C=O) groups is 1. The first kappa shape index (κ1) is 19.3. The van der Waals surface area contributed by atoms with Crippen LogP contribution in [0.5, 0.6) is 17.2 Å².